The van der Waals surface area contributed by atoms with Crippen LogP contribution in [0.4, 0.5) is 0 Å². The molecule has 3 nitrogen and oxygen atoms in total. The van der Waals surface area contributed by atoms with Crippen LogP contribution in [0.3, 0.4) is 0 Å². The van der Waals surface area contributed by atoms with Crippen LogP contribution in [-0.2, 0) is 27.7 Å². The summed E-state index contributed by atoms with van der Waals surface area (Å²) < 4.78 is 0. The predicted octanol–water partition coefficient (Wildman–Crippen LogP) is 0.558. The van der Waals surface area contributed by atoms with Crippen molar-refractivity contribution >= 4 is 5.97 Å². The summed E-state index contributed by atoms with van der Waals surface area (Å²) >= 11 is 0. The van der Waals surface area contributed by atoms with E-state index < -0.39 is 5.97 Å². The molecule has 4 heteroatoms. The molecule has 0 atom stereocenters. The van der Waals surface area contributed by atoms with Gasteiger partial charge in [-0.25, -0.2) is 4.79 Å². The van der Waals surface area contributed by atoms with Gasteiger partial charge in [-0.15, -0.1) is 0 Å². The van der Waals surface area contributed by atoms with Crippen molar-refractivity contribution in [2.75, 3.05) is 0 Å². The van der Waals surface area contributed by atoms with Crippen molar-refractivity contribution in [2.24, 2.45) is 0 Å². The van der Waals surface area contributed by atoms with Crippen molar-refractivity contribution in [2.45, 2.75) is 0 Å². The Morgan fingerprint density at radius 1 is 1.18 bits per heavy atom. The number of hydrogen-bond acceptors (Lipinski definition) is 1. The number of hydrogen-bond donors (Lipinski definition) is 1. The molecule has 1 rings (SSSR count). The zero-order chi connectivity index (χ0) is 6.69. The molecule has 0 bridgehead atoms. The summed E-state index contributed by atoms with van der Waals surface area (Å²) in [7, 11) is 0. The topological polar surface area (TPSA) is 68.8 Å². The minimum atomic E-state index is -0.879. The fraction of sp³-hybridized carbons (Fsp3) is 0. The first-order chi connectivity index (χ1) is 4.30. The van der Waals surface area contributed by atoms with Gasteiger partial charge in [0.2, 0.25) is 0 Å². The minimum absolute atomic E-state index is 0. The number of carboxylic acid groups (broad SMARTS) is 1. The Bertz CT molecular complexity index is 210. The molecule has 0 radical (unpaired) electrons. The minimum Gasteiger partial charge on any atom is -0.478 e. The van der Waals surface area contributed by atoms with E-state index in [4.69, 9.17) is 5.11 Å². The van der Waals surface area contributed by atoms with Crippen molar-refractivity contribution in [3.63, 3.8) is 0 Å². The Morgan fingerprint density at radius 2 is 1.64 bits per heavy atom. The normalized spacial score (nSPS) is 7.27. The molecular formula is C7H8HgO3. The van der Waals surface area contributed by atoms with E-state index in [1.807, 2.05) is 0 Å². The number of aromatic carboxylic acids is 1. The summed E-state index contributed by atoms with van der Waals surface area (Å²) in [5.41, 5.74) is 0.331. The van der Waals surface area contributed by atoms with Crippen LogP contribution in [0, 0.1) is 0 Å². The van der Waals surface area contributed by atoms with Crippen LogP contribution < -0.4 is 0 Å². The average Bonchev–Trinajstić information content (AvgIpc) is 1.90. The average molecular weight is 341 g/mol. The third-order valence-corrected chi connectivity index (χ3v) is 1.02. The first kappa shape index (κ1) is 13.2. The molecule has 0 aliphatic heterocycles. The smallest absolute Gasteiger partial charge is 0.335 e. The van der Waals surface area contributed by atoms with E-state index >= 15 is 0 Å². The van der Waals surface area contributed by atoms with Gasteiger partial charge >= 0.3 is 5.97 Å². The molecule has 0 saturated carbocycles. The van der Waals surface area contributed by atoms with E-state index in [9.17, 15) is 4.79 Å². The fourth-order valence-corrected chi connectivity index (χ4v) is 0.581. The third kappa shape index (κ3) is 4.11. The summed E-state index contributed by atoms with van der Waals surface area (Å²) in [4.78, 5) is 10.2. The third-order valence-electron chi connectivity index (χ3n) is 1.02. The standard InChI is InChI=1S/C7H6O2.Hg.H2O/c8-7(9)6-4-2-1-3-5-6;;/h1-5H,(H,8,9);;1H2. The van der Waals surface area contributed by atoms with E-state index in [2.05, 4.69) is 0 Å². The Labute approximate surface area is 84.9 Å². The second kappa shape index (κ2) is 6.31. The van der Waals surface area contributed by atoms with Crippen molar-refractivity contribution in [1.82, 2.24) is 0 Å². The molecule has 0 aromatic heterocycles. The molecule has 56 valence electrons. The molecule has 11 heavy (non-hydrogen) atoms. The molecular weight excluding hydrogens is 333 g/mol. The first-order valence-electron chi connectivity index (χ1n) is 2.59. The van der Waals surface area contributed by atoms with Crippen molar-refractivity contribution < 1.29 is 43.0 Å². The Balaban J connectivity index is 0. The van der Waals surface area contributed by atoms with Crippen LogP contribution in [0.2, 0.25) is 0 Å². The van der Waals surface area contributed by atoms with Crippen molar-refractivity contribution in [1.29, 1.82) is 0 Å². The zero-order valence-electron chi connectivity index (χ0n) is 5.95. The van der Waals surface area contributed by atoms with Crippen LogP contribution in [0.1, 0.15) is 10.4 Å². The number of rotatable bonds is 1. The molecule has 1 aromatic rings. The van der Waals surface area contributed by atoms with Crippen molar-refractivity contribution in [3.05, 3.63) is 35.9 Å². The molecule has 3 N–H and O–H groups in total. The Morgan fingerprint density at radius 3 is 1.91 bits per heavy atom. The molecule has 0 saturated heterocycles. The first-order valence-corrected chi connectivity index (χ1v) is 2.59. The maximum absolute atomic E-state index is 10.2. The van der Waals surface area contributed by atoms with Crippen molar-refractivity contribution in [3.8, 4) is 0 Å². The molecule has 1 aromatic carbocycles. The summed E-state index contributed by atoms with van der Waals surface area (Å²) in [6.07, 6.45) is 0. The van der Waals surface area contributed by atoms with E-state index in [-0.39, 0.29) is 33.1 Å². The second-order valence-electron chi connectivity index (χ2n) is 1.67. The molecule has 0 fully saturated rings. The molecule has 0 unspecified atom stereocenters. The summed E-state index contributed by atoms with van der Waals surface area (Å²) in [5.74, 6) is -0.879. The maximum Gasteiger partial charge on any atom is 0.335 e. The van der Waals surface area contributed by atoms with E-state index in [0.717, 1.165) is 0 Å². The van der Waals surface area contributed by atoms with Gasteiger partial charge in [0, 0.05) is 27.7 Å². The maximum atomic E-state index is 10.2. The van der Waals surface area contributed by atoms with Gasteiger partial charge in [-0.1, -0.05) is 18.2 Å². The number of carboxylic acids is 1. The number of benzene rings is 1. The molecule has 0 aliphatic rings. The summed E-state index contributed by atoms with van der Waals surface area (Å²) in [6.45, 7) is 0. The SMILES string of the molecule is O.O=C(O)c1ccccc1.[Hg]. The molecule has 0 aliphatic carbocycles. The van der Waals surface area contributed by atoms with Crippen LogP contribution in [0.15, 0.2) is 30.3 Å². The van der Waals surface area contributed by atoms with Gasteiger partial charge in [0.15, 0.2) is 0 Å². The predicted molar refractivity (Wildman–Crippen MR) is 37.0 cm³/mol. The van der Waals surface area contributed by atoms with Crippen LogP contribution >= 0.6 is 0 Å². The molecule has 0 spiro atoms. The van der Waals surface area contributed by atoms with Gasteiger partial charge in [0.05, 0.1) is 5.56 Å². The quantitative estimate of drug-likeness (QED) is 0.759. The summed E-state index contributed by atoms with van der Waals surface area (Å²) in [6, 6.07) is 8.30. The molecule has 0 heterocycles. The van der Waals surface area contributed by atoms with Gasteiger partial charge in [0.1, 0.15) is 0 Å². The largest absolute Gasteiger partial charge is 0.478 e. The van der Waals surface area contributed by atoms with E-state index in [0.29, 0.717) is 5.56 Å². The Hall–Kier alpha value is -0.415. The van der Waals surface area contributed by atoms with Gasteiger partial charge in [-0.05, 0) is 12.1 Å². The van der Waals surface area contributed by atoms with Crippen LogP contribution in [0.25, 0.3) is 0 Å². The molecule has 0 amide bonds. The van der Waals surface area contributed by atoms with Gasteiger partial charge < -0.3 is 10.6 Å². The van der Waals surface area contributed by atoms with Gasteiger partial charge in [-0.2, -0.15) is 0 Å². The zero-order valence-corrected chi connectivity index (χ0v) is 11.4. The van der Waals surface area contributed by atoms with E-state index in [1.54, 1.807) is 30.3 Å². The van der Waals surface area contributed by atoms with Gasteiger partial charge in [-0.3, -0.25) is 0 Å². The fourth-order valence-electron chi connectivity index (χ4n) is 0.581. The number of carbonyl (C=O) groups is 1. The summed E-state index contributed by atoms with van der Waals surface area (Å²) in [5, 5.41) is 8.38. The monoisotopic (exact) mass is 342 g/mol. The van der Waals surface area contributed by atoms with E-state index in [1.165, 1.54) is 0 Å². The Kier molecular flexibility index (Phi) is 7.56. The van der Waals surface area contributed by atoms with Crippen LogP contribution in [0.5, 0.6) is 0 Å². The second-order valence-corrected chi connectivity index (χ2v) is 1.67. The van der Waals surface area contributed by atoms with Crippen LogP contribution in [-0.4, -0.2) is 16.6 Å². The van der Waals surface area contributed by atoms with Gasteiger partial charge in [0.25, 0.3) is 0 Å².